The van der Waals surface area contributed by atoms with Crippen molar-refractivity contribution in [1.29, 1.82) is 0 Å². The van der Waals surface area contributed by atoms with Crippen molar-refractivity contribution < 1.29 is 14.7 Å². The lowest BCUT2D eigenvalue weighted by atomic mass is 9.98. The summed E-state index contributed by atoms with van der Waals surface area (Å²) in [6, 6.07) is 4.44. The van der Waals surface area contributed by atoms with Crippen molar-refractivity contribution in [3.05, 3.63) is 35.0 Å². The van der Waals surface area contributed by atoms with Crippen LogP contribution in [-0.2, 0) is 9.59 Å². The van der Waals surface area contributed by atoms with Crippen LogP contribution in [0.4, 0.5) is 0 Å². The van der Waals surface area contributed by atoms with Gasteiger partial charge in [-0.05, 0) is 24.1 Å². The first kappa shape index (κ1) is 16.6. The number of hydrogen-bond donors (Lipinski definition) is 1. The summed E-state index contributed by atoms with van der Waals surface area (Å²) in [6.07, 6.45) is 3.91. The zero-order valence-electron chi connectivity index (χ0n) is 12.2. The maximum atomic E-state index is 12.5. The van der Waals surface area contributed by atoms with Gasteiger partial charge in [-0.1, -0.05) is 50.3 Å². The van der Waals surface area contributed by atoms with E-state index in [1.165, 1.54) is 4.90 Å². The first-order valence-corrected chi connectivity index (χ1v) is 8.09. The topological polar surface area (TPSA) is 70.5 Å². The number of nitrogens with zero attached hydrogens (tertiary/aromatic N) is 2. The van der Waals surface area contributed by atoms with E-state index >= 15 is 0 Å². The van der Waals surface area contributed by atoms with Gasteiger partial charge in [0.15, 0.2) is 0 Å². The molecule has 22 heavy (non-hydrogen) atoms. The molecule has 0 aliphatic carbocycles. The van der Waals surface area contributed by atoms with Crippen molar-refractivity contribution in [3.63, 3.8) is 0 Å². The second-order valence-electron chi connectivity index (χ2n) is 4.97. The summed E-state index contributed by atoms with van der Waals surface area (Å²) >= 11 is 6.33. The van der Waals surface area contributed by atoms with Crippen LogP contribution in [0.5, 0.6) is 0 Å². The number of amides is 1. The molecule has 0 spiro atoms. The lowest BCUT2D eigenvalue weighted by molar-refractivity contribution is -0.147. The Morgan fingerprint density at radius 2 is 2.27 bits per heavy atom. The number of carbonyl (C=O) groups is 2. The number of thiocarbonyl (C=S) groups is 1. The molecule has 7 heteroatoms. The Morgan fingerprint density at radius 1 is 1.55 bits per heavy atom. The van der Waals surface area contributed by atoms with Gasteiger partial charge in [0.1, 0.15) is 10.4 Å². The molecule has 116 valence electrons. The van der Waals surface area contributed by atoms with E-state index in [4.69, 9.17) is 12.2 Å². The predicted octanol–water partition coefficient (Wildman–Crippen LogP) is 2.78. The Bertz CT molecular complexity index is 631. The predicted molar refractivity (Wildman–Crippen MR) is 90.1 cm³/mol. The summed E-state index contributed by atoms with van der Waals surface area (Å²) in [5.74, 6) is -1.59. The van der Waals surface area contributed by atoms with Crippen LogP contribution in [0.3, 0.4) is 0 Å². The van der Waals surface area contributed by atoms with Gasteiger partial charge in [0.2, 0.25) is 0 Å². The highest BCUT2D eigenvalue weighted by molar-refractivity contribution is 8.26. The Balaban J connectivity index is 2.32. The molecule has 1 fully saturated rings. The van der Waals surface area contributed by atoms with Crippen molar-refractivity contribution in [2.75, 3.05) is 0 Å². The maximum absolute atomic E-state index is 12.5. The summed E-state index contributed by atoms with van der Waals surface area (Å²) in [7, 11) is 0. The van der Waals surface area contributed by atoms with E-state index in [0.717, 1.165) is 11.8 Å². The van der Waals surface area contributed by atoms with Gasteiger partial charge in [0.25, 0.3) is 5.91 Å². The number of aliphatic carboxylic acids is 1. The van der Waals surface area contributed by atoms with Crippen molar-refractivity contribution >= 4 is 46.3 Å². The van der Waals surface area contributed by atoms with Gasteiger partial charge in [-0.15, -0.1) is 0 Å². The largest absolute Gasteiger partial charge is 0.480 e. The second-order valence-corrected chi connectivity index (χ2v) is 6.65. The number of thioether (sulfide) groups is 1. The van der Waals surface area contributed by atoms with Crippen LogP contribution in [0.1, 0.15) is 26.0 Å². The normalized spacial score (nSPS) is 19.5. The van der Waals surface area contributed by atoms with Crippen LogP contribution >= 0.6 is 24.0 Å². The second kappa shape index (κ2) is 7.02. The smallest absolute Gasteiger partial charge is 0.327 e. The highest BCUT2D eigenvalue weighted by Gasteiger charge is 2.42. The molecule has 0 saturated carbocycles. The fraction of sp³-hybridized carbons (Fsp3) is 0.333. The highest BCUT2D eigenvalue weighted by atomic mass is 32.2. The zero-order chi connectivity index (χ0) is 16.3. The van der Waals surface area contributed by atoms with Gasteiger partial charge < -0.3 is 5.11 Å². The summed E-state index contributed by atoms with van der Waals surface area (Å²) in [4.78, 5) is 29.8. The van der Waals surface area contributed by atoms with Crippen molar-refractivity contribution in [1.82, 2.24) is 9.88 Å². The molecule has 1 aliphatic rings. The minimum absolute atomic E-state index is 0.186. The van der Waals surface area contributed by atoms with Crippen LogP contribution < -0.4 is 0 Å². The van der Waals surface area contributed by atoms with Gasteiger partial charge in [0.05, 0.1) is 10.6 Å². The molecular weight excluding hydrogens is 320 g/mol. The summed E-state index contributed by atoms with van der Waals surface area (Å²) < 4.78 is 0.278. The fourth-order valence-corrected chi connectivity index (χ4v) is 3.46. The number of carboxylic acid groups (broad SMARTS) is 1. The van der Waals surface area contributed by atoms with Crippen LogP contribution in [0.15, 0.2) is 29.3 Å². The number of carbonyl (C=O) groups excluding carboxylic acids is 1. The van der Waals surface area contributed by atoms with Gasteiger partial charge in [0, 0.05) is 6.20 Å². The third kappa shape index (κ3) is 3.36. The van der Waals surface area contributed by atoms with E-state index in [0.29, 0.717) is 17.0 Å². The lowest BCUT2D eigenvalue weighted by Gasteiger charge is -2.27. The molecule has 2 heterocycles. The number of rotatable bonds is 5. The first-order valence-electron chi connectivity index (χ1n) is 6.86. The monoisotopic (exact) mass is 336 g/mol. The highest BCUT2D eigenvalue weighted by Crippen LogP contribution is 2.35. The molecule has 0 bridgehead atoms. The van der Waals surface area contributed by atoms with Crippen LogP contribution in [-0.4, -0.2) is 37.2 Å². The molecule has 0 radical (unpaired) electrons. The molecule has 1 N–H and O–H groups in total. The van der Waals surface area contributed by atoms with Crippen molar-refractivity contribution in [2.24, 2.45) is 5.92 Å². The molecular formula is C15H16N2O3S2. The van der Waals surface area contributed by atoms with E-state index < -0.39 is 12.0 Å². The third-order valence-electron chi connectivity index (χ3n) is 3.50. The van der Waals surface area contributed by atoms with E-state index in [1.54, 1.807) is 31.3 Å². The SMILES string of the molecule is CCC(C)C(C(=O)O)N1C(=O)/C(=C/c2ccccn2)SC1=S. The van der Waals surface area contributed by atoms with Gasteiger partial charge in [-0.3, -0.25) is 14.7 Å². The third-order valence-corrected chi connectivity index (χ3v) is 4.83. The summed E-state index contributed by atoms with van der Waals surface area (Å²) in [6.45, 7) is 3.70. The van der Waals surface area contributed by atoms with E-state index in [1.807, 2.05) is 13.0 Å². The molecule has 1 aromatic heterocycles. The summed E-state index contributed by atoms with van der Waals surface area (Å²) in [5, 5.41) is 9.45. The minimum atomic E-state index is -1.04. The molecule has 2 unspecified atom stereocenters. The molecule has 5 nitrogen and oxygen atoms in total. The van der Waals surface area contributed by atoms with E-state index in [9.17, 15) is 14.7 Å². The molecule has 1 saturated heterocycles. The van der Waals surface area contributed by atoms with Gasteiger partial charge >= 0.3 is 5.97 Å². The summed E-state index contributed by atoms with van der Waals surface area (Å²) in [5.41, 5.74) is 0.637. The average Bonchev–Trinajstić information content (AvgIpc) is 2.76. The molecule has 1 aliphatic heterocycles. The average molecular weight is 336 g/mol. The van der Waals surface area contributed by atoms with E-state index in [-0.39, 0.29) is 16.1 Å². The number of aromatic nitrogens is 1. The minimum Gasteiger partial charge on any atom is -0.480 e. The fourth-order valence-electron chi connectivity index (χ4n) is 2.15. The van der Waals surface area contributed by atoms with Gasteiger partial charge in [-0.2, -0.15) is 0 Å². The Kier molecular flexibility index (Phi) is 5.31. The van der Waals surface area contributed by atoms with Crippen LogP contribution in [0.2, 0.25) is 0 Å². The molecule has 1 aromatic rings. The molecule has 0 aromatic carbocycles. The Hall–Kier alpha value is -1.73. The van der Waals surface area contributed by atoms with Crippen molar-refractivity contribution in [2.45, 2.75) is 26.3 Å². The lowest BCUT2D eigenvalue weighted by Crippen LogP contribution is -2.47. The molecule has 1 amide bonds. The quantitative estimate of drug-likeness (QED) is 0.658. The van der Waals surface area contributed by atoms with Gasteiger partial charge in [-0.25, -0.2) is 4.79 Å². The standard InChI is InChI=1S/C15H16N2O3S2/c1-3-9(2)12(14(19)20)17-13(18)11(22-15(17)21)8-10-6-4-5-7-16-10/h4-9,12H,3H2,1-2H3,(H,19,20)/b11-8-. The number of pyridine rings is 1. The Morgan fingerprint density at radius 3 is 2.82 bits per heavy atom. The first-order chi connectivity index (χ1) is 10.5. The number of carboxylic acids is 1. The van der Waals surface area contributed by atoms with Crippen LogP contribution in [0, 0.1) is 5.92 Å². The van der Waals surface area contributed by atoms with Crippen molar-refractivity contribution in [3.8, 4) is 0 Å². The van der Waals surface area contributed by atoms with Crippen LogP contribution in [0.25, 0.3) is 6.08 Å². The maximum Gasteiger partial charge on any atom is 0.327 e. The molecule has 2 atom stereocenters. The Labute approximate surface area is 138 Å². The van der Waals surface area contributed by atoms with E-state index in [2.05, 4.69) is 4.98 Å². The molecule has 2 rings (SSSR count). The number of hydrogen-bond acceptors (Lipinski definition) is 5. The zero-order valence-corrected chi connectivity index (χ0v) is 13.9.